The molecule has 273 valence electrons. The van der Waals surface area contributed by atoms with Gasteiger partial charge in [-0.2, -0.15) is 0 Å². The molecule has 0 saturated heterocycles. The molecule has 1 N–H and O–H groups in total. The smallest absolute Gasteiger partial charge is 0.164 e. The number of fused-ring (bicyclic) bond motifs is 5. The van der Waals surface area contributed by atoms with E-state index >= 15 is 0 Å². The van der Waals surface area contributed by atoms with Crippen LogP contribution in [0.25, 0.3) is 33.2 Å². The van der Waals surface area contributed by atoms with Crippen LogP contribution in [0.5, 0.6) is 0 Å². The van der Waals surface area contributed by atoms with Crippen LogP contribution >= 0.6 is 0 Å². The second-order valence-electron chi connectivity index (χ2n) is 16.4. The number of benzene rings is 3. The summed E-state index contributed by atoms with van der Waals surface area (Å²) in [5.41, 5.74) is 11.3. The van der Waals surface area contributed by atoms with Crippen molar-refractivity contribution in [2.75, 3.05) is 0 Å². The molecule has 0 unspecified atom stereocenters. The van der Waals surface area contributed by atoms with E-state index in [-0.39, 0.29) is 53.3 Å². The summed E-state index contributed by atoms with van der Waals surface area (Å²) in [5, 5.41) is 12.6. The maximum absolute atomic E-state index is 12.2. The van der Waals surface area contributed by atoms with E-state index < -0.39 is 0 Å². The summed E-state index contributed by atoms with van der Waals surface area (Å²) < 4.78 is 0. The molecule has 0 saturated carbocycles. The van der Waals surface area contributed by atoms with Crippen LogP contribution in [0.4, 0.5) is 0 Å². The number of hydrogen-bond donors (Lipinski definition) is 1. The first kappa shape index (κ1) is 40.4. The predicted octanol–water partition coefficient (Wildman–Crippen LogP) is 13.0. The topological polar surface area (TPSA) is 50.2 Å². The normalized spacial score (nSPS) is 15.9. The molecule has 0 aliphatic heterocycles. The Balaban J connectivity index is 0.000000279. The minimum absolute atomic E-state index is 0. The third-order valence-electron chi connectivity index (χ3n) is 12.6. The number of carbonyl (C=O) groups excluding carboxylic acids is 1. The number of ketones is 1. The molecule has 4 heteroatoms. The van der Waals surface area contributed by atoms with Gasteiger partial charge in [-0.3, -0.25) is 4.79 Å². The summed E-state index contributed by atoms with van der Waals surface area (Å²) in [6.07, 6.45) is 6.71. The minimum atomic E-state index is -0.337. The van der Waals surface area contributed by atoms with Crippen molar-refractivity contribution in [3.05, 3.63) is 113 Å². The van der Waals surface area contributed by atoms with Gasteiger partial charge in [-0.05, 0) is 87.4 Å². The first-order valence-corrected chi connectivity index (χ1v) is 18.8. The molecule has 0 atom stereocenters. The molecule has 0 amide bonds. The summed E-state index contributed by atoms with van der Waals surface area (Å²) in [7, 11) is 0. The van der Waals surface area contributed by atoms with Crippen molar-refractivity contribution in [2.45, 2.75) is 126 Å². The summed E-state index contributed by atoms with van der Waals surface area (Å²) in [4.78, 5) is 17.1. The number of aliphatic hydroxyl groups excluding tert-OH is 1. The van der Waals surface area contributed by atoms with Gasteiger partial charge < -0.3 is 10.1 Å². The van der Waals surface area contributed by atoms with Gasteiger partial charge in [0, 0.05) is 48.6 Å². The Morgan fingerprint density at radius 3 is 2.06 bits per heavy atom. The zero-order chi connectivity index (χ0) is 36.8. The molecule has 3 nitrogen and oxygen atoms in total. The van der Waals surface area contributed by atoms with Crippen LogP contribution < -0.4 is 0 Å². The average Bonchev–Trinajstić information content (AvgIpc) is 3.52. The molecule has 1 radical (unpaired) electrons. The average molecular weight is 861 g/mol. The maximum Gasteiger partial charge on any atom is 0.164 e. The molecule has 4 aromatic rings. The summed E-state index contributed by atoms with van der Waals surface area (Å²) in [6.45, 7) is 26.1. The number of rotatable bonds is 9. The van der Waals surface area contributed by atoms with Gasteiger partial charge in [0.05, 0.1) is 0 Å². The largest absolute Gasteiger partial charge is 0.512 e. The van der Waals surface area contributed by atoms with Gasteiger partial charge in [0.1, 0.15) is 5.76 Å². The van der Waals surface area contributed by atoms with Crippen LogP contribution in [0.2, 0.25) is 0 Å². The molecule has 0 bridgehead atoms. The van der Waals surface area contributed by atoms with E-state index in [2.05, 4.69) is 108 Å². The van der Waals surface area contributed by atoms with Gasteiger partial charge in [0.25, 0.3) is 0 Å². The van der Waals surface area contributed by atoms with Crippen LogP contribution in [0, 0.1) is 16.9 Å². The molecule has 1 aromatic heterocycles. The van der Waals surface area contributed by atoms with E-state index in [1.165, 1.54) is 55.8 Å². The van der Waals surface area contributed by atoms with Crippen LogP contribution in [0.1, 0.15) is 143 Å². The van der Waals surface area contributed by atoms with E-state index in [0.29, 0.717) is 5.92 Å². The number of pyridine rings is 1. The molecule has 3 aromatic carbocycles. The molecular weight excluding hydrogens is 803 g/mol. The van der Waals surface area contributed by atoms with E-state index in [1.807, 2.05) is 47.7 Å². The minimum Gasteiger partial charge on any atom is -0.512 e. The molecule has 51 heavy (non-hydrogen) atoms. The fraction of sp³-hybridized carbons (Fsp3) is 0.447. The summed E-state index contributed by atoms with van der Waals surface area (Å²) >= 11 is 0. The molecule has 2 aliphatic carbocycles. The molecule has 0 spiro atoms. The van der Waals surface area contributed by atoms with E-state index in [4.69, 9.17) is 4.98 Å². The molecular formula is C47H58IrNO2-. The summed E-state index contributed by atoms with van der Waals surface area (Å²) in [6, 6.07) is 25.9. The second kappa shape index (κ2) is 15.0. The fourth-order valence-electron chi connectivity index (χ4n) is 8.05. The predicted molar refractivity (Wildman–Crippen MR) is 213 cm³/mol. The Kier molecular flexibility index (Phi) is 11.9. The quantitative estimate of drug-likeness (QED) is 0.104. The van der Waals surface area contributed by atoms with Crippen molar-refractivity contribution >= 4 is 27.7 Å². The Labute approximate surface area is 321 Å². The van der Waals surface area contributed by atoms with Gasteiger partial charge in [0.2, 0.25) is 0 Å². The Bertz CT molecular complexity index is 1980. The van der Waals surface area contributed by atoms with Crippen molar-refractivity contribution in [3.63, 3.8) is 0 Å². The van der Waals surface area contributed by atoms with Crippen LogP contribution in [-0.2, 0) is 35.7 Å². The Morgan fingerprint density at radius 1 is 0.843 bits per heavy atom. The Morgan fingerprint density at radius 2 is 1.45 bits per heavy atom. The molecule has 2 aliphatic rings. The van der Waals surface area contributed by atoms with Crippen molar-refractivity contribution in [3.8, 4) is 11.3 Å². The number of allylic oxidation sites excluding steroid dienone is 4. The molecule has 0 fully saturated rings. The van der Waals surface area contributed by atoms with Gasteiger partial charge in [-0.15, -0.1) is 29.3 Å². The van der Waals surface area contributed by atoms with Crippen molar-refractivity contribution in [1.29, 1.82) is 0 Å². The number of aliphatic hydroxyl groups is 1. The van der Waals surface area contributed by atoms with Gasteiger partial charge >= 0.3 is 0 Å². The summed E-state index contributed by atoms with van der Waals surface area (Å²) in [5.74, 6) is 0.792. The maximum atomic E-state index is 12.2. The van der Waals surface area contributed by atoms with Gasteiger partial charge in [0.15, 0.2) is 5.78 Å². The van der Waals surface area contributed by atoms with Crippen molar-refractivity contribution < 1.29 is 30.0 Å². The standard InChI is InChI=1S/C32H30N.C15H28O2.Ir/c1-19(2)20-14-15-22-21(18-20)16-17-33-30(22)25-12-9-11-24-27(25)32(5,6)28-23-10-7-8-13-26(23)31(3,4)29(24)28;1-7-14(5,8-2)12(16)11-13(17)15(6,9-3)10-4;/h7-11,13-19H,1-6H3;11,16H,7-10H2,1-6H3;/q-1;;/b;12-11-;. The van der Waals surface area contributed by atoms with Gasteiger partial charge in [-0.25, -0.2) is 0 Å². The monoisotopic (exact) mass is 861 g/mol. The van der Waals surface area contributed by atoms with Crippen molar-refractivity contribution in [2.24, 2.45) is 10.8 Å². The molecule has 6 rings (SSSR count). The first-order chi connectivity index (χ1) is 23.5. The number of nitrogens with zero attached hydrogens (tertiary/aromatic N) is 1. The SMILES string of the molecule is CC(C)c1ccc2c(-c3[c-]ccc4c3C(C)(C)C3=C4C(C)(C)c4ccccc43)nccc2c1.CCC(C)(CC)C(=O)/C=C(\O)C(C)(CC)CC.[Ir]. The van der Waals surface area contributed by atoms with Crippen LogP contribution in [-0.4, -0.2) is 15.9 Å². The van der Waals surface area contributed by atoms with Gasteiger partial charge in [-0.1, -0.05) is 131 Å². The van der Waals surface area contributed by atoms with Crippen molar-refractivity contribution in [1.82, 2.24) is 4.98 Å². The fourth-order valence-corrected chi connectivity index (χ4v) is 8.05. The third-order valence-corrected chi connectivity index (χ3v) is 12.6. The van der Waals surface area contributed by atoms with E-state index in [9.17, 15) is 9.90 Å². The zero-order valence-corrected chi connectivity index (χ0v) is 35.4. The second-order valence-corrected chi connectivity index (χ2v) is 16.4. The number of aromatic nitrogens is 1. The van der Waals surface area contributed by atoms with Crippen LogP contribution in [0.3, 0.4) is 0 Å². The zero-order valence-electron chi connectivity index (χ0n) is 33.0. The third kappa shape index (κ3) is 6.84. The molecule has 1 heterocycles. The number of carbonyl (C=O) groups is 1. The number of hydrogen-bond acceptors (Lipinski definition) is 3. The Hall–Kier alpha value is -3.33. The van der Waals surface area contributed by atoms with E-state index in [0.717, 1.165) is 36.9 Å². The van der Waals surface area contributed by atoms with Crippen LogP contribution in [0.15, 0.2) is 78.7 Å². The first-order valence-electron chi connectivity index (χ1n) is 18.8. The van der Waals surface area contributed by atoms with E-state index in [1.54, 1.807) is 0 Å².